The van der Waals surface area contributed by atoms with Gasteiger partial charge in [-0.25, -0.2) is 4.79 Å². The molecule has 154 valence electrons. The van der Waals surface area contributed by atoms with E-state index in [1.54, 1.807) is 13.2 Å². The van der Waals surface area contributed by atoms with Gasteiger partial charge in [-0.15, -0.1) is 0 Å². The number of aryl methyl sites for hydroxylation is 1. The Hall–Kier alpha value is -3.09. The van der Waals surface area contributed by atoms with E-state index in [1.165, 1.54) is 0 Å². The van der Waals surface area contributed by atoms with Crippen molar-refractivity contribution in [2.45, 2.75) is 46.1 Å². The number of carbonyl (C=O) groups is 3. The van der Waals surface area contributed by atoms with Crippen LogP contribution in [0.4, 0.5) is 4.79 Å². The lowest BCUT2D eigenvalue weighted by Crippen LogP contribution is -2.46. The third kappa shape index (κ3) is 3.41. The van der Waals surface area contributed by atoms with Crippen molar-refractivity contribution in [3.8, 4) is 11.4 Å². The van der Waals surface area contributed by atoms with Gasteiger partial charge in [0.25, 0.3) is 5.91 Å². The molecule has 1 N–H and O–H groups in total. The molecule has 2 aromatic rings. The third-order valence-corrected chi connectivity index (χ3v) is 5.82. The molecule has 0 aliphatic carbocycles. The van der Waals surface area contributed by atoms with Crippen LogP contribution in [0.15, 0.2) is 30.3 Å². The Morgan fingerprint density at radius 2 is 1.72 bits per heavy atom. The second-order valence-electron chi connectivity index (χ2n) is 7.35. The number of amides is 3. The molecule has 0 atom stereocenters. The lowest BCUT2D eigenvalue weighted by molar-refractivity contribution is -0.131. The molecule has 7 heteroatoms. The molecule has 29 heavy (non-hydrogen) atoms. The molecule has 2 heterocycles. The Balaban J connectivity index is 1.87. The van der Waals surface area contributed by atoms with Crippen molar-refractivity contribution in [3.05, 3.63) is 47.3 Å². The molecule has 1 aliphatic rings. The zero-order chi connectivity index (χ0) is 21.3. The zero-order valence-electron chi connectivity index (χ0n) is 17.5. The number of nitrogens with zero attached hydrogens (tertiary/aromatic N) is 2. The van der Waals surface area contributed by atoms with E-state index in [2.05, 4.69) is 5.32 Å². The molecular formula is C22H27N3O4. The highest BCUT2D eigenvalue weighted by Crippen LogP contribution is 2.27. The number of hydrogen-bond donors (Lipinski definition) is 1. The fourth-order valence-corrected chi connectivity index (χ4v) is 3.95. The molecule has 1 saturated heterocycles. The molecule has 1 aromatic carbocycles. The maximum Gasteiger partial charge on any atom is 0.325 e. The number of nitrogens with one attached hydrogen (secondary N) is 1. The molecule has 0 saturated carbocycles. The van der Waals surface area contributed by atoms with Gasteiger partial charge in [0.15, 0.2) is 5.78 Å². The first-order valence-corrected chi connectivity index (χ1v) is 9.78. The number of imide groups is 1. The predicted molar refractivity (Wildman–Crippen MR) is 110 cm³/mol. The number of ketones is 1. The first-order valence-electron chi connectivity index (χ1n) is 9.78. The van der Waals surface area contributed by atoms with E-state index < -0.39 is 11.6 Å². The van der Waals surface area contributed by atoms with Gasteiger partial charge in [0.1, 0.15) is 11.3 Å². The number of rotatable bonds is 7. The number of carbonyl (C=O) groups excluding carboxylic acids is 3. The second kappa shape index (κ2) is 7.73. The average molecular weight is 397 g/mol. The monoisotopic (exact) mass is 397 g/mol. The highest BCUT2D eigenvalue weighted by molar-refractivity contribution is 6.11. The van der Waals surface area contributed by atoms with Gasteiger partial charge in [-0.2, -0.15) is 0 Å². The molecule has 3 rings (SSSR count). The van der Waals surface area contributed by atoms with Crippen LogP contribution in [0.3, 0.4) is 0 Å². The van der Waals surface area contributed by atoms with Crippen LogP contribution in [0.2, 0.25) is 0 Å². The molecule has 3 amide bonds. The maximum atomic E-state index is 13.0. The highest BCUT2D eigenvalue weighted by Gasteiger charge is 2.49. The van der Waals surface area contributed by atoms with Gasteiger partial charge in [0, 0.05) is 22.6 Å². The minimum Gasteiger partial charge on any atom is -0.497 e. The largest absolute Gasteiger partial charge is 0.497 e. The summed E-state index contributed by atoms with van der Waals surface area (Å²) in [5.41, 5.74) is 2.17. The molecule has 1 aliphatic heterocycles. The predicted octanol–water partition coefficient (Wildman–Crippen LogP) is 3.40. The van der Waals surface area contributed by atoms with Crippen LogP contribution >= 0.6 is 0 Å². The van der Waals surface area contributed by atoms with Crippen LogP contribution in [0.25, 0.3) is 5.69 Å². The summed E-state index contributed by atoms with van der Waals surface area (Å²) in [7, 11) is 1.61. The van der Waals surface area contributed by atoms with E-state index in [0.717, 1.165) is 27.7 Å². The van der Waals surface area contributed by atoms with E-state index in [0.29, 0.717) is 18.4 Å². The topological polar surface area (TPSA) is 80.6 Å². The van der Waals surface area contributed by atoms with Crippen LogP contribution < -0.4 is 10.1 Å². The van der Waals surface area contributed by atoms with E-state index in [-0.39, 0.29) is 18.2 Å². The smallest absolute Gasteiger partial charge is 0.325 e. The van der Waals surface area contributed by atoms with Gasteiger partial charge in [-0.3, -0.25) is 14.5 Å². The van der Waals surface area contributed by atoms with Crippen LogP contribution in [0.1, 0.15) is 48.4 Å². The van der Waals surface area contributed by atoms with Crippen molar-refractivity contribution in [1.29, 1.82) is 0 Å². The summed E-state index contributed by atoms with van der Waals surface area (Å²) in [6, 6.07) is 8.85. The summed E-state index contributed by atoms with van der Waals surface area (Å²) in [5.74, 6) is 0.163. The molecule has 0 radical (unpaired) electrons. The first kappa shape index (κ1) is 20.6. The van der Waals surface area contributed by atoms with Crippen LogP contribution in [-0.4, -0.2) is 46.4 Å². The average Bonchev–Trinajstić information content (AvgIpc) is 3.15. The van der Waals surface area contributed by atoms with Crippen LogP contribution in [0, 0.1) is 13.8 Å². The summed E-state index contributed by atoms with van der Waals surface area (Å²) in [5, 5.41) is 2.76. The van der Waals surface area contributed by atoms with E-state index in [9.17, 15) is 14.4 Å². The van der Waals surface area contributed by atoms with Crippen LogP contribution in [0.5, 0.6) is 5.75 Å². The molecule has 0 bridgehead atoms. The Bertz CT molecular complexity index is 955. The summed E-state index contributed by atoms with van der Waals surface area (Å²) in [6.45, 7) is 7.23. The number of hydrogen-bond acceptors (Lipinski definition) is 4. The van der Waals surface area contributed by atoms with Crippen molar-refractivity contribution in [2.75, 3.05) is 13.7 Å². The number of methoxy groups -OCH3 is 1. The lowest BCUT2D eigenvalue weighted by Gasteiger charge is -2.22. The van der Waals surface area contributed by atoms with Gasteiger partial charge in [-0.1, -0.05) is 13.8 Å². The number of aromatic nitrogens is 1. The summed E-state index contributed by atoms with van der Waals surface area (Å²) >= 11 is 0. The first-order chi connectivity index (χ1) is 13.8. The van der Waals surface area contributed by atoms with E-state index in [4.69, 9.17) is 4.74 Å². The van der Waals surface area contributed by atoms with Crippen LogP contribution in [-0.2, 0) is 4.79 Å². The number of urea groups is 1. The summed E-state index contributed by atoms with van der Waals surface area (Å²) in [6.07, 6.45) is 0.982. The van der Waals surface area contributed by atoms with Gasteiger partial charge in [0.05, 0.1) is 13.7 Å². The van der Waals surface area contributed by atoms with E-state index in [1.807, 2.05) is 56.5 Å². The molecule has 7 nitrogen and oxygen atoms in total. The Morgan fingerprint density at radius 1 is 1.10 bits per heavy atom. The lowest BCUT2D eigenvalue weighted by atomic mass is 9.93. The second-order valence-corrected chi connectivity index (χ2v) is 7.35. The molecule has 1 aromatic heterocycles. The fourth-order valence-electron chi connectivity index (χ4n) is 3.95. The molecule has 0 unspecified atom stereocenters. The highest BCUT2D eigenvalue weighted by atomic mass is 16.5. The summed E-state index contributed by atoms with van der Waals surface area (Å²) < 4.78 is 7.17. The van der Waals surface area contributed by atoms with Crippen molar-refractivity contribution in [1.82, 2.24) is 14.8 Å². The molecule has 0 spiro atoms. The Morgan fingerprint density at radius 3 is 2.24 bits per heavy atom. The maximum absolute atomic E-state index is 13.0. The fraction of sp³-hybridized carbons (Fsp3) is 0.409. The zero-order valence-corrected chi connectivity index (χ0v) is 17.5. The number of benzene rings is 1. The quantitative estimate of drug-likeness (QED) is 0.574. The van der Waals surface area contributed by atoms with Crippen molar-refractivity contribution in [2.24, 2.45) is 0 Å². The Labute approximate surface area is 170 Å². The van der Waals surface area contributed by atoms with Gasteiger partial charge < -0.3 is 14.6 Å². The van der Waals surface area contributed by atoms with Gasteiger partial charge in [0.2, 0.25) is 0 Å². The number of Topliss-reactive ketones (excluding diaryl/α,β-unsaturated/α-hetero) is 1. The van der Waals surface area contributed by atoms with E-state index >= 15 is 0 Å². The van der Waals surface area contributed by atoms with Crippen molar-refractivity contribution >= 4 is 17.7 Å². The minimum atomic E-state index is -0.905. The van der Waals surface area contributed by atoms with Gasteiger partial charge in [-0.05, 0) is 57.0 Å². The SMILES string of the molecule is CCC1(CC)NC(=O)N(CC(=O)c2cc(C)n(-c3ccc(OC)cc3)c2C)C1=O. The minimum absolute atomic E-state index is 0.260. The summed E-state index contributed by atoms with van der Waals surface area (Å²) in [4.78, 5) is 39.2. The molecular weight excluding hydrogens is 370 g/mol. The normalized spacial score (nSPS) is 15.6. The van der Waals surface area contributed by atoms with Crippen molar-refractivity contribution in [3.63, 3.8) is 0 Å². The Kier molecular flexibility index (Phi) is 5.50. The van der Waals surface area contributed by atoms with Crippen molar-refractivity contribution < 1.29 is 19.1 Å². The van der Waals surface area contributed by atoms with Gasteiger partial charge >= 0.3 is 6.03 Å². The number of ether oxygens (including phenoxy) is 1. The standard InChI is InChI=1S/C22H27N3O4/c1-6-22(7-2)20(27)24(21(28)23-22)13-19(26)18-12-14(3)25(15(18)4)16-8-10-17(29-5)11-9-16/h8-12H,6-7,13H2,1-5H3,(H,23,28). The molecule has 1 fully saturated rings. The third-order valence-electron chi connectivity index (χ3n) is 5.82.